The van der Waals surface area contributed by atoms with Crippen molar-refractivity contribution in [2.45, 2.75) is 27.2 Å². The Morgan fingerprint density at radius 1 is 1.35 bits per heavy atom. The second kappa shape index (κ2) is 4.20. The summed E-state index contributed by atoms with van der Waals surface area (Å²) in [6.07, 6.45) is 0.772. The molecule has 0 aliphatic carbocycles. The number of nitrogens with one attached hydrogen (secondary N) is 1. The predicted octanol–water partition coefficient (Wildman–Crippen LogP) is 2.48. The van der Waals surface area contributed by atoms with E-state index in [0.29, 0.717) is 5.69 Å². The molecule has 17 heavy (non-hydrogen) atoms. The van der Waals surface area contributed by atoms with Crippen molar-refractivity contribution in [1.82, 2.24) is 9.78 Å². The molecule has 2 aromatic rings. The molecule has 4 heteroatoms. The largest absolute Gasteiger partial charge is 0.295 e. The molecule has 0 saturated heterocycles. The van der Waals surface area contributed by atoms with Gasteiger partial charge in [0.15, 0.2) is 0 Å². The Labute approximate surface area is 98.9 Å². The third-order valence-corrected chi connectivity index (χ3v) is 2.98. The third kappa shape index (κ3) is 1.90. The maximum Gasteiger partial charge on any atom is 0.274 e. The predicted molar refractivity (Wildman–Crippen MR) is 65.2 cm³/mol. The van der Waals surface area contributed by atoms with Crippen LogP contribution in [-0.4, -0.2) is 9.78 Å². The quantitative estimate of drug-likeness (QED) is 0.851. The van der Waals surface area contributed by atoms with Crippen LogP contribution in [0.2, 0.25) is 0 Å². The fourth-order valence-electron chi connectivity index (χ4n) is 1.95. The van der Waals surface area contributed by atoms with E-state index >= 15 is 0 Å². The van der Waals surface area contributed by atoms with Gasteiger partial charge in [0, 0.05) is 11.3 Å². The van der Waals surface area contributed by atoms with Crippen LogP contribution in [0.5, 0.6) is 0 Å². The SMILES string of the molecule is CCc1[nH]n(-c2ccc(F)cc2C)c(=O)c1C. The Morgan fingerprint density at radius 2 is 2.06 bits per heavy atom. The van der Waals surface area contributed by atoms with E-state index in [1.807, 2.05) is 6.92 Å². The number of H-pyrrole nitrogens is 1. The summed E-state index contributed by atoms with van der Waals surface area (Å²) in [5.41, 5.74) is 2.99. The van der Waals surface area contributed by atoms with Crippen molar-refractivity contribution >= 4 is 0 Å². The number of hydrogen-bond acceptors (Lipinski definition) is 1. The molecule has 0 aliphatic rings. The Kier molecular flexibility index (Phi) is 2.88. The number of aromatic nitrogens is 2. The van der Waals surface area contributed by atoms with Gasteiger partial charge in [-0.05, 0) is 44.0 Å². The van der Waals surface area contributed by atoms with Gasteiger partial charge in [0.1, 0.15) is 5.82 Å². The molecule has 0 atom stereocenters. The van der Waals surface area contributed by atoms with Crippen molar-refractivity contribution < 1.29 is 4.39 Å². The molecule has 3 nitrogen and oxygen atoms in total. The first-order valence-electron chi connectivity index (χ1n) is 5.61. The monoisotopic (exact) mass is 234 g/mol. The molecule has 0 unspecified atom stereocenters. The van der Waals surface area contributed by atoms with Crippen LogP contribution in [0.4, 0.5) is 4.39 Å². The van der Waals surface area contributed by atoms with Crippen LogP contribution >= 0.6 is 0 Å². The van der Waals surface area contributed by atoms with E-state index in [4.69, 9.17) is 0 Å². The van der Waals surface area contributed by atoms with E-state index in [1.54, 1.807) is 19.9 Å². The smallest absolute Gasteiger partial charge is 0.274 e. The lowest BCUT2D eigenvalue weighted by molar-refractivity contribution is 0.625. The number of aryl methyl sites for hydroxylation is 2. The van der Waals surface area contributed by atoms with Crippen molar-refractivity contribution in [2.75, 3.05) is 0 Å². The molecule has 1 N–H and O–H groups in total. The highest BCUT2D eigenvalue weighted by molar-refractivity contribution is 5.40. The molecular formula is C13H15FN2O. The molecule has 1 aromatic carbocycles. The molecule has 1 aromatic heterocycles. The summed E-state index contributed by atoms with van der Waals surface area (Å²) in [5.74, 6) is -0.293. The van der Waals surface area contributed by atoms with Crippen LogP contribution in [0, 0.1) is 19.7 Å². The van der Waals surface area contributed by atoms with E-state index in [9.17, 15) is 9.18 Å². The topological polar surface area (TPSA) is 37.8 Å². The van der Waals surface area contributed by atoms with Crippen LogP contribution in [0.25, 0.3) is 5.69 Å². The van der Waals surface area contributed by atoms with E-state index in [2.05, 4.69) is 5.10 Å². The summed E-state index contributed by atoms with van der Waals surface area (Å²) >= 11 is 0. The summed E-state index contributed by atoms with van der Waals surface area (Å²) in [7, 11) is 0. The molecule has 90 valence electrons. The van der Waals surface area contributed by atoms with Gasteiger partial charge in [0.05, 0.1) is 5.69 Å². The van der Waals surface area contributed by atoms with Gasteiger partial charge in [-0.2, -0.15) is 0 Å². The summed E-state index contributed by atoms with van der Waals surface area (Å²) in [4.78, 5) is 12.0. The molecule has 0 bridgehead atoms. The molecule has 0 spiro atoms. The minimum atomic E-state index is -0.293. The lowest BCUT2D eigenvalue weighted by Gasteiger charge is -2.05. The Bertz CT molecular complexity index is 610. The van der Waals surface area contributed by atoms with Crippen LogP contribution in [0.1, 0.15) is 23.7 Å². The van der Waals surface area contributed by atoms with Crippen molar-refractivity contribution in [2.24, 2.45) is 0 Å². The summed E-state index contributed by atoms with van der Waals surface area (Å²) in [6.45, 7) is 5.57. The zero-order valence-electron chi connectivity index (χ0n) is 10.2. The van der Waals surface area contributed by atoms with E-state index in [0.717, 1.165) is 23.2 Å². The molecule has 0 radical (unpaired) electrons. The van der Waals surface area contributed by atoms with E-state index in [-0.39, 0.29) is 11.4 Å². The lowest BCUT2D eigenvalue weighted by atomic mass is 10.2. The zero-order valence-corrected chi connectivity index (χ0v) is 10.2. The number of hydrogen-bond donors (Lipinski definition) is 1. The van der Waals surface area contributed by atoms with Gasteiger partial charge in [-0.1, -0.05) is 6.92 Å². The summed E-state index contributed by atoms with van der Waals surface area (Å²) in [5, 5.41) is 3.06. The number of nitrogens with zero attached hydrogens (tertiary/aromatic N) is 1. The van der Waals surface area contributed by atoms with Crippen molar-refractivity contribution in [3.8, 4) is 5.69 Å². The lowest BCUT2D eigenvalue weighted by Crippen LogP contribution is -2.16. The average molecular weight is 234 g/mol. The van der Waals surface area contributed by atoms with Gasteiger partial charge < -0.3 is 0 Å². The Hall–Kier alpha value is -1.84. The first-order valence-corrected chi connectivity index (χ1v) is 5.61. The molecule has 0 aliphatic heterocycles. The number of halogens is 1. The van der Waals surface area contributed by atoms with Gasteiger partial charge in [-0.15, -0.1) is 0 Å². The third-order valence-electron chi connectivity index (χ3n) is 2.98. The van der Waals surface area contributed by atoms with Crippen molar-refractivity contribution in [3.05, 3.63) is 51.2 Å². The molecule has 1 heterocycles. The summed E-state index contributed by atoms with van der Waals surface area (Å²) < 4.78 is 14.5. The second-order valence-electron chi connectivity index (χ2n) is 4.14. The molecule has 2 rings (SSSR count). The van der Waals surface area contributed by atoms with Gasteiger partial charge in [0.2, 0.25) is 0 Å². The molecule has 0 fully saturated rings. The van der Waals surface area contributed by atoms with Crippen LogP contribution < -0.4 is 5.56 Å². The van der Waals surface area contributed by atoms with Gasteiger partial charge in [-0.3, -0.25) is 9.89 Å². The first kappa shape index (κ1) is 11.6. The van der Waals surface area contributed by atoms with Gasteiger partial charge >= 0.3 is 0 Å². The highest BCUT2D eigenvalue weighted by Gasteiger charge is 2.11. The van der Waals surface area contributed by atoms with Crippen molar-refractivity contribution in [1.29, 1.82) is 0 Å². The fraction of sp³-hybridized carbons (Fsp3) is 0.308. The van der Waals surface area contributed by atoms with E-state index < -0.39 is 0 Å². The summed E-state index contributed by atoms with van der Waals surface area (Å²) in [6, 6.07) is 4.39. The van der Waals surface area contributed by atoms with Gasteiger partial charge in [-0.25, -0.2) is 9.07 Å². The van der Waals surface area contributed by atoms with Gasteiger partial charge in [0.25, 0.3) is 5.56 Å². The average Bonchev–Trinajstić information content (AvgIpc) is 2.57. The maximum atomic E-state index is 13.0. The standard InChI is InChI=1S/C13H15FN2O/c1-4-11-9(3)13(17)16(15-11)12-6-5-10(14)7-8(12)2/h5-7,15H,4H2,1-3H3. The zero-order chi connectivity index (χ0) is 12.6. The Balaban J connectivity index is 2.65. The second-order valence-corrected chi connectivity index (χ2v) is 4.14. The minimum absolute atomic E-state index is 0.0726. The molecule has 0 saturated carbocycles. The number of rotatable bonds is 2. The van der Waals surface area contributed by atoms with E-state index in [1.165, 1.54) is 16.8 Å². The van der Waals surface area contributed by atoms with Crippen LogP contribution in [-0.2, 0) is 6.42 Å². The number of benzene rings is 1. The molecule has 0 amide bonds. The highest BCUT2D eigenvalue weighted by Crippen LogP contribution is 2.14. The Morgan fingerprint density at radius 3 is 2.59 bits per heavy atom. The van der Waals surface area contributed by atoms with Crippen molar-refractivity contribution in [3.63, 3.8) is 0 Å². The van der Waals surface area contributed by atoms with Crippen LogP contribution in [0.3, 0.4) is 0 Å². The fourth-order valence-corrected chi connectivity index (χ4v) is 1.95. The minimum Gasteiger partial charge on any atom is -0.295 e. The number of aromatic amines is 1. The maximum absolute atomic E-state index is 13.0. The normalized spacial score (nSPS) is 10.8. The highest BCUT2D eigenvalue weighted by atomic mass is 19.1. The first-order chi connectivity index (χ1) is 8.04. The van der Waals surface area contributed by atoms with Crippen LogP contribution in [0.15, 0.2) is 23.0 Å². The molecular weight excluding hydrogens is 219 g/mol.